The monoisotopic (exact) mass is 226 g/mol. The van der Waals surface area contributed by atoms with Crippen molar-refractivity contribution in [1.82, 2.24) is 10.3 Å². The fraction of sp³-hybridized carbons (Fsp3) is 0.400. The first-order valence-corrected chi connectivity index (χ1v) is 5.47. The van der Waals surface area contributed by atoms with Crippen molar-refractivity contribution in [3.63, 3.8) is 0 Å². The van der Waals surface area contributed by atoms with E-state index in [2.05, 4.69) is 10.3 Å². The van der Waals surface area contributed by atoms with Gasteiger partial charge >= 0.3 is 5.97 Å². The van der Waals surface area contributed by atoms with Gasteiger partial charge in [0, 0.05) is 30.2 Å². The molecule has 5 heteroatoms. The lowest BCUT2D eigenvalue weighted by Gasteiger charge is -2.01. The zero-order chi connectivity index (χ0) is 11.3. The van der Waals surface area contributed by atoms with Gasteiger partial charge in [0.15, 0.2) is 0 Å². The molecule has 15 heavy (non-hydrogen) atoms. The van der Waals surface area contributed by atoms with Gasteiger partial charge in [-0.2, -0.15) is 0 Å². The van der Waals surface area contributed by atoms with Gasteiger partial charge in [-0.25, -0.2) is 9.78 Å². The lowest BCUT2D eigenvalue weighted by molar-refractivity contribution is -0.131. The van der Waals surface area contributed by atoms with Crippen molar-refractivity contribution in [1.29, 1.82) is 0 Å². The minimum atomic E-state index is -0.903. The van der Waals surface area contributed by atoms with Crippen LogP contribution in [-0.2, 0) is 11.3 Å². The van der Waals surface area contributed by atoms with Crippen LogP contribution in [0, 0.1) is 6.92 Å². The van der Waals surface area contributed by atoms with Crippen LogP contribution in [0.3, 0.4) is 0 Å². The maximum Gasteiger partial charge on any atom is 0.328 e. The molecule has 0 radical (unpaired) electrons. The van der Waals surface area contributed by atoms with E-state index in [0.717, 1.165) is 16.3 Å². The summed E-state index contributed by atoms with van der Waals surface area (Å²) in [7, 11) is 0. The second kappa shape index (κ2) is 5.63. The average Bonchev–Trinajstić information content (AvgIpc) is 2.50. The SMILES string of the molecule is CC(=CC(=O)O)CNCc1nc(C)cs1. The fourth-order valence-electron chi connectivity index (χ4n) is 1.11. The zero-order valence-corrected chi connectivity index (χ0v) is 9.60. The number of aliphatic carboxylic acids is 1. The Balaban J connectivity index is 2.30. The summed E-state index contributed by atoms with van der Waals surface area (Å²) in [6.45, 7) is 5.00. The third-order valence-corrected chi connectivity index (χ3v) is 2.68. The molecule has 0 fully saturated rings. The molecular weight excluding hydrogens is 212 g/mol. The van der Waals surface area contributed by atoms with Crippen molar-refractivity contribution in [3.8, 4) is 0 Å². The molecular formula is C10H14N2O2S. The van der Waals surface area contributed by atoms with Gasteiger partial charge in [-0.3, -0.25) is 0 Å². The summed E-state index contributed by atoms with van der Waals surface area (Å²) in [5.74, 6) is -0.903. The summed E-state index contributed by atoms with van der Waals surface area (Å²) in [4.78, 5) is 14.6. The van der Waals surface area contributed by atoms with E-state index < -0.39 is 5.97 Å². The van der Waals surface area contributed by atoms with Crippen molar-refractivity contribution in [2.24, 2.45) is 0 Å². The van der Waals surface area contributed by atoms with Gasteiger partial charge in [0.25, 0.3) is 0 Å². The summed E-state index contributed by atoms with van der Waals surface area (Å²) < 4.78 is 0. The van der Waals surface area contributed by atoms with Crippen molar-refractivity contribution in [3.05, 3.63) is 27.7 Å². The Morgan fingerprint density at radius 1 is 1.73 bits per heavy atom. The van der Waals surface area contributed by atoms with Gasteiger partial charge in [-0.05, 0) is 13.8 Å². The molecule has 2 N–H and O–H groups in total. The van der Waals surface area contributed by atoms with Gasteiger partial charge in [0.1, 0.15) is 5.01 Å². The normalized spacial score (nSPS) is 11.7. The summed E-state index contributed by atoms with van der Waals surface area (Å²) in [6.07, 6.45) is 1.21. The molecule has 0 saturated carbocycles. The molecule has 0 amide bonds. The van der Waals surface area contributed by atoms with E-state index >= 15 is 0 Å². The fourth-order valence-corrected chi connectivity index (χ4v) is 1.85. The minimum absolute atomic E-state index is 0.574. The largest absolute Gasteiger partial charge is 0.478 e. The third kappa shape index (κ3) is 4.71. The van der Waals surface area contributed by atoms with Gasteiger partial charge in [0.2, 0.25) is 0 Å². The first-order chi connectivity index (χ1) is 7.08. The first kappa shape index (κ1) is 11.9. The lowest BCUT2D eigenvalue weighted by atomic mass is 10.3. The van der Waals surface area contributed by atoms with E-state index in [1.54, 1.807) is 18.3 Å². The number of rotatable bonds is 5. The molecule has 0 aliphatic rings. The van der Waals surface area contributed by atoms with Crippen LogP contribution >= 0.6 is 11.3 Å². The number of carbonyl (C=O) groups is 1. The van der Waals surface area contributed by atoms with E-state index in [0.29, 0.717) is 13.1 Å². The highest BCUT2D eigenvalue weighted by Crippen LogP contribution is 2.07. The number of hydrogen-bond donors (Lipinski definition) is 2. The molecule has 1 aromatic rings. The number of hydrogen-bond acceptors (Lipinski definition) is 4. The molecule has 1 rings (SSSR count). The Bertz CT molecular complexity index is 371. The Hall–Kier alpha value is -1.20. The first-order valence-electron chi connectivity index (χ1n) is 4.60. The molecule has 0 spiro atoms. The quantitative estimate of drug-likeness (QED) is 0.748. The Morgan fingerprint density at radius 2 is 2.47 bits per heavy atom. The smallest absolute Gasteiger partial charge is 0.328 e. The van der Waals surface area contributed by atoms with Gasteiger partial charge in [0.05, 0.1) is 0 Å². The van der Waals surface area contributed by atoms with Crippen LogP contribution in [0.4, 0.5) is 0 Å². The second-order valence-electron chi connectivity index (χ2n) is 3.32. The van der Waals surface area contributed by atoms with Gasteiger partial charge in [-0.15, -0.1) is 11.3 Å². The molecule has 0 unspecified atom stereocenters. The predicted octanol–water partition coefficient (Wildman–Crippen LogP) is 1.57. The van der Waals surface area contributed by atoms with E-state index in [4.69, 9.17) is 5.11 Å². The number of thiazole rings is 1. The maximum absolute atomic E-state index is 10.3. The Morgan fingerprint density at radius 3 is 3.00 bits per heavy atom. The molecule has 0 atom stereocenters. The number of nitrogens with one attached hydrogen (secondary N) is 1. The molecule has 1 heterocycles. The highest BCUT2D eigenvalue weighted by molar-refractivity contribution is 7.09. The highest BCUT2D eigenvalue weighted by Gasteiger charge is 1.98. The maximum atomic E-state index is 10.3. The molecule has 0 aliphatic heterocycles. The van der Waals surface area contributed by atoms with Crippen LogP contribution in [-0.4, -0.2) is 22.6 Å². The van der Waals surface area contributed by atoms with Gasteiger partial charge in [-0.1, -0.05) is 5.57 Å². The molecule has 0 aromatic carbocycles. The number of carboxylic acids is 1. The Kier molecular flexibility index (Phi) is 4.45. The Labute approximate surface area is 92.7 Å². The molecule has 0 bridgehead atoms. The van der Waals surface area contributed by atoms with Crippen LogP contribution in [0.15, 0.2) is 17.0 Å². The zero-order valence-electron chi connectivity index (χ0n) is 8.78. The topological polar surface area (TPSA) is 62.2 Å². The number of aromatic nitrogens is 1. The average molecular weight is 226 g/mol. The van der Waals surface area contributed by atoms with Crippen molar-refractivity contribution < 1.29 is 9.90 Å². The molecule has 4 nitrogen and oxygen atoms in total. The predicted molar refractivity (Wildman–Crippen MR) is 60.0 cm³/mol. The van der Waals surface area contributed by atoms with E-state index in [-0.39, 0.29) is 0 Å². The van der Waals surface area contributed by atoms with E-state index in [9.17, 15) is 4.79 Å². The second-order valence-corrected chi connectivity index (χ2v) is 4.26. The van der Waals surface area contributed by atoms with Crippen LogP contribution in [0.1, 0.15) is 17.6 Å². The summed E-state index contributed by atoms with van der Waals surface area (Å²) in [6, 6.07) is 0. The van der Waals surface area contributed by atoms with Crippen molar-refractivity contribution >= 4 is 17.3 Å². The van der Waals surface area contributed by atoms with Gasteiger partial charge < -0.3 is 10.4 Å². The van der Waals surface area contributed by atoms with Crippen LogP contribution in [0.5, 0.6) is 0 Å². The molecule has 0 aliphatic carbocycles. The number of carboxylic acid groups (broad SMARTS) is 1. The summed E-state index contributed by atoms with van der Waals surface area (Å²) in [5.41, 5.74) is 1.82. The van der Waals surface area contributed by atoms with Crippen LogP contribution in [0.25, 0.3) is 0 Å². The number of aryl methyl sites for hydroxylation is 1. The standard InChI is InChI=1S/C10H14N2O2S/c1-7(3-10(13)14)4-11-5-9-12-8(2)6-15-9/h3,6,11H,4-5H2,1-2H3,(H,13,14). The molecule has 1 aromatic heterocycles. The minimum Gasteiger partial charge on any atom is -0.478 e. The van der Waals surface area contributed by atoms with Crippen molar-refractivity contribution in [2.45, 2.75) is 20.4 Å². The van der Waals surface area contributed by atoms with Crippen LogP contribution in [0.2, 0.25) is 0 Å². The van der Waals surface area contributed by atoms with Crippen LogP contribution < -0.4 is 5.32 Å². The highest BCUT2D eigenvalue weighted by atomic mass is 32.1. The third-order valence-electron chi connectivity index (χ3n) is 1.72. The van der Waals surface area contributed by atoms with E-state index in [1.807, 2.05) is 12.3 Å². The summed E-state index contributed by atoms with van der Waals surface area (Å²) in [5, 5.41) is 14.6. The summed E-state index contributed by atoms with van der Waals surface area (Å²) >= 11 is 1.61. The van der Waals surface area contributed by atoms with Crippen molar-refractivity contribution in [2.75, 3.05) is 6.54 Å². The number of nitrogens with zero attached hydrogens (tertiary/aromatic N) is 1. The van der Waals surface area contributed by atoms with E-state index in [1.165, 1.54) is 6.08 Å². The molecule has 82 valence electrons. The lowest BCUT2D eigenvalue weighted by Crippen LogP contribution is -2.16. The molecule has 0 saturated heterocycles.